The smallest absolute Gasteiger partial charge is 0.327 e. The van der Waals surface area contributed by atoms with Gasteiger partial charge in [-0.3, -0.25) is 14.4 Å². The zero-order valence-electron chi connectivity index (χ0n) is 8.96. The van der Waals surface area contributed by atoms with E-state index in [1.54, 1.807) is 17.9 Å². The molecule has 0 aromatic carbocycles. The molecule has 2 heterocycles. The first kappa shape index (κ1) is 10.5. The Labute approximate surface area is 92.4 Å². The van der Waals surface area contributed by atoms with Crippen molar-refractivity contribution in [3.8, 4) is 0 Å². The lowest BCUT2D eigenvalue weighted by Gasteiger charge is -2.13. The average molecular weight is 223 g/mol. The van der Waals surface area contributed by atoms with Gasteiger partial charge in [0, 0.05) is 13.2 Å². The molecule has 1 aromatic heterocycles. The Morgan fingerprint density at radius 1 is 1.44 bits per heavy atom. The number of carbonyl (C=O) groups excluding carboxylic acids is 2. The van der Waals surface area contributed by atoms with E-state index in [1.807, 2.05) is 0 Å². The number of urea groups is 1. The summed E-state index contributed by atoms with van der Waals surface area (Å²) in [7, 11) is 1.60. The second kappa shape index (κ2) is 3.84. The first-order chi connectivity index (χ1) is 7.58. The van der Waals surface area contributed by atoms with Crippen molar-refractivity contribution in [2.24, 2.45) is 0 Å². The summed E-state index contributed by atoms with van der Waals surface area (Å²) in [5, 5.41) is 3.97. The van der Waals surface area contributed by atoms with Gasteiger partial charge in [-0.15, -0.1) is 0 Å². The monoisotopic (exact) mass is 223 g/mol. The summed E-state index contributed by atoms with van der Waals surface area (Å²) in [6.07, 6.45) is 3.19. The van der Waals surface area contributed by atoms with Crippen LogP contribution in [0.4, 0.5) is 10.5 Å². The van der Waals surface area contributed by atoms with Crippen molar-refractivity contribution in [3.05, 3.63) is 12.4 Å². The van der Waals surface area contributed by atoms with Crippen LogP contribution in [0.1, 0.15) is 0 Å². The molecule has 7 nitrogen and oxygen atoms in total. The zero-order valence-corrected chi connectivity index (χ0v) is 8.96. The largest absolute Gasteiger partial charge is 0.396 e. The van der Waals surface area contributed by atoms with E-state index in [9.17, 15) is 9.59 Å². The fourth-order valence-electron chi connectivity index (χ4n) is 1.59. The summed E-state index contributed by atoms with van der Waals surface area (Å²) >= 11 is 0. The Hall–Kier alpha value is -2.05. The number of hydrogen-bond donors (Lipinski definition) is 1. The molecular formula is C9H13N5O2. The van der Waals surface area contributed by atoms with Gasteiger partial charge in [-0.25, -0.2) is 4.79 Å². The van der Waals surface area contributed by atoms with Crippen LogP contribution in [0, 0.1) is 0 Å². The fraction of sp³-hybridized carbons (Fsp3) is 0.444. The van der Waals surface area contributed by atoms with E-state index in [4.69, 9.17) is 5.73 Å². The van der Waals surface area contributed by atoms with Crippen molar-refractivity contribution < 1.29 is 9.59 Å². The number of imide groups is 1. The minimum atomic E-state index is -0.259. The van der Waals surface area contributed by atoms with Gasteiger partial charge in [0.05, 0.1) is 25.0 Å². The molecule has 0 bridgehead atoms. The summed E-state index contributed by atoms with van der Waals surface area (Å²) in [4.78, 5) is 25.6. The molecule has 1 aliphatic rings. The molecule has 0 saturated carbocycles. The van der Waals surface area contributed by atoms with Crippen molar-refractivity contribution in [3.63, 3.8) is 0 Å². The fourth-order valence-corrected chi connectivity index (χ4v) is 1.59. The highest BCUT2D eigenvalue weighted by molar-refractivity contribution is 6.01. The van der Waals surface area contributed by atoms with Crippen LogP contribution in [0.3, 0.4) is 0 Å². The third kappa shape index (κ3) is 1.83. The van der Waals surface area contributed by atoms with Gasteiger partial charge in [-0.2, -0.15) is 5.10 Å². The predicted molar refractivity (Wildman–Crippen MR) is 56.4 cm³/mol. The first-order valence-corrected chi connectivity index (χ1v) is 4.91. The summed E-state index contributed by atoms with van der Waals surface area (Å²) in [5.41, 5.74) is 6.07. The number of amides is 3. The van der Waals surface area contributed by atoms with Gasteiger partial charge in [-0.05, 0) is 0 Å². The lowest BCUT2D eigenvalue weighted by Crippen LogP contribution is -2.34. The molecule has 16 heavy (non-hydrogen) atoms. The first-order valence-electron chi connectivity index (χ1n) is 4.91. The molecule has 7 heteroatoms. The summed E-state index contributed by atoms with van der Waals surface area (Å²) in [6, 6.07) is -0.259. The molecule has 0 unspecified atom stereocenters. The van der Waals surface area contributed by atoms with Gasteiger partial charge >= 0.3 is 6.03 Å². The molecule has 1 saturated heterocycles. The molecule has 0 radical (unpaired) electrons. The summed E-state index contributed by atoms with van der Waals surface area (Å²) in [6.45, 7) is 0.936. The number of hydrogen-bond acceptors (Lipinski definition) is 4. The van der Waals surface area contributed by atoms with Gasteiger partial charge in [0.25, 0.3) is 0 Å². The van der Waals surface area contributed by atoms with Crippen LogP contribution in [-0.2, 0) is 11.3 Å². The van der Waals surface area contributed by atoms with Crippen LogP contribution >= 0.6 is 0 Å². The quantitative estimate of drug-likeness (QED) is 0.691. The molecule has 1 aromatic rings. The highest BCUT2D eigenvalue weighted by Gasteiger charge is 2.32. The Balaban J connectivity index is 1.95. The van der Waals surface area contributed by atoms with Crippen LogP contribution < -0.4 is 5.73 Å². The third-order valence-corrected chi connectivity index (χ3v) is 2.44. The Morgan fingerprint density at radius 3 is 2.69 bits per heavy atom. The topological polar surface area (TPSA) is 84.5 Å². The molecule has 86 valence electrons. The number of likely N-dealkylation sites (N-methyl/N-ethyl adjacent to an activating group) is 1. The van der Waals surface area contributed by atoms with E-state index in [2.05, 4.69) is 5.10 Å². The zero-order chi connectivity index (χ0) is 11.7. The van der Waals surface area contributed by atoms with Gasteiger partial charge in [-0.1, -0.05) is 0 Å². The van der Waals surface area contributed by atoms with Crippen molar-refractivity contribution in [1.29, 1.82) is 0 Å². The second-order valence-corrected chi connectivity index (χ2v) is 3.72. The summed E-state index contributed by atoms with van der Waals surface area (Å²) in [5.74, 6) is -0.173. The minimum absolute atomic E-state index is 0.153. The highest BCUT2D eigenvalue weighted by Crippen LogP contribution is 2.08. The van der Waals surface area contributed by atoms with E-state index in [0.717, 1.165) is 0 Å². The lowest BCUT2D eigenvalue weighted by molar-refractivity contribution is -0.125. The summed E-state index contributed by atoms with van der Waals surface area (Å²) < 4.78 is 1.61. The van der Waals surface area contributed by atoms with Crippen molar-refractivity contribution in [1.82, 2.24) is 19.6 Å². The van der Waals surface area contributed by atoms with Crippen LogP contribution in [0.15, 0.2) is 12.4 Å². The number of aromatic nitrogens is 2. The van der Waals surface area contributed by atoms with Gasteiger partial charge in [0.2, 0.25) is 5.91 Å². The maximum absolute atomic E-state index is 11.5. The molecule has 3 amide bonds. The van der Waals surface area contributed by atoms with Crippen molar-refractivity contribution in [2.75, 3.05) is 25.9 Å². The van der Waals surface area contributed by atoms with Gasteiger partial charge in [0.1, 0.15) is 6.54 Å². The molecule has 0 atom stereocenters. The average Bonchev–Trinajstić information content (AvgIpc) is 2.72. The molecular weight excluding hydrogens is 210 g/mol. The van der Waals surface area contributed by atoms with E-state index in [0.29, 0.717) is 18.8 Å². The van der Waals surface area contributed by atoms with E-state index in [-0.39, 0.29) is 18.5 Å². The van der Waals surface area contributed by atoms with Crippen LogP contribution in [0.5, 0.6) is 0 Å². The maximum atomic E-state index is 11.5. The number of nitrogen functional groups attached to an aromatic ring is 1. The Bertz CT molecular complexity index is 427. The maximum Gasteiger partial charge on any atom is 0.327 e. The number of nitrogens with zero attached hydrogens (tertiary/aromatic N) is 4. The minimum Gasteiger partial charge on any atom is -0.396 e. The third-order valence-electron chi connectivity index (χ3n) is 2.44. The molecule has 2 N–H and O–H groups in total. The van der Waals surface area contributed by atoms with E-state index < -0.39 is 0 Å². The van der Waals surface area contributed by atoms with Gasteiger partial charge < -0.3 is 10.6 Å². The SMILES string of the molecule is CN1CC(=O)N(CCn2cc(N)cn2)C1=O. The second-order valence-electron chi connectivity index (χ2n) is 3.72. The molecule has 0 spiro atoms. The molecule has 2 rings (SSSR count). The van der Waals surface area contributed by atoms with Gasteiger partial charge in [0.15, 0.2) is 0 Å². The van der Waals surface area contributed by atoms with Crippen LogP contribution in [0.2, 0.25) is 0 Å². The van der Waals surface area contributed by atoms with Crippen molar-refractivity contribution >= 4 is 17.6 Å². The standard InChI is InChI=1S/C9H13N5O2/c1-12-6-8(15)14(9(12)16)3-2-13-5-7(10)4-11-13/h4-5H,2-3,6,10H2,1H3. The lowest BCUT2D eigenvalue weighted by atomic mass is 10.5. The Morgan fingerprint density at radius 2 is 2.19 bits per heavy atom. The van der Waals surface area contributed by atoms with Crippen LogP contribution in [-0.4, -0.2) is 51.7 Å². The molecule has 1 fully saturated rings. The Kier molecular flexibility index (Phi) is 2.51. The number of carbonyl (C=O) groups is 2. The number of anilines is 1. The highest BCUT2D eigenvalue weighted by atomic mass is 16.2. The van der Waals surface area contributed by atoms with E-state index >= 15 is 0 Å². The number of rotatable bonds is 3. The molecule has 0 aliphatic carbocycles. The molecule has 1 aliphatic heterocycles. The van der Waals surface area contributed by atoms with E-state index in [1.165, 1.54) is 16.0 Å². The number of nitrogens with two attached hydrogens (primary N) is 1. The van der Waals surface area contributed by atoms with Crippen LogP contribution in [0.25, 0.3) is 0 Å². The van der Waals surface area contributed by atoms with Crippen molar-refractivity contribution in [2.45, 2.75) is 6.54 Å². The predicted octanol–water partition coefficient (Wildman–Crippen LogP) is -0.641. The normalized spacial score (nSPS) is 16.3.